The molecule has 0 spiro atoms. The van der Waals surface area contributed by atoms with Crippen molar-refractivity contribution in [3.8, 4) is 0 Å². The van der Waals surface area contributed by atoms with E-state index < -0.39 is 28.8 Å². The Morgan fingerprint density at radius 3 is 2.25 bits per heavy atom. The molecule has 86 valence electrons. The summed E-state index contributed by atoms with van der Waals surface area (Å²) in [7, 11) is 0. The van der Waals surface area contributed by atoms with Crippen molar-refractivity contribution in [2.24, 2.45) is 5.41 Å². The second-order valence-corrected chi connectivity index (χ2v) is 4.12. The van der Waals surface area contributed by atoms with E-state index >= 15 is 0 Å². The van der Waals surface area contributed by atoms with Gasteiger partial charge in [-0.05, 0) is 30.9 Å². The van der Waals surface area contributed by atoms with Gasteiger partial charge in [-0.3, -0.25) is 4.79 Å². The highest BCUT2D eigenvalue weighted by molar-refractivity contribution is 5.78. The van der Waals surface area contributed by atoms with Crippen LogP contribution in [0.3, 0.4) is 0 Å². The summed E-state index contributed by atoms with van der Waals surface area (Å²) in [5.74, 6) is -4.33. The summed E-state index contributed by atoms with van der Waals surface area (Å²) in [6.45, 7) is 0. The number of halogens is 3. The van der Waals surface area contributed by atoms with Crippen molar-refractivity contribution < 1.29 is 23.1 Å². The molecule has 0 saturated heterocycles. The lowest BCUT2D eigenvalue weighted by Crippen LogP contribution is -2.18. The Balaban J connectivity index is 2.29. The third-order valence-electron chi connectivity index (χ3n) is 2.93. The summed E-state index contributed by atoms with van der Waals surface area (Å²) in [5, 5.41) is 8.89. The van der Waals surface area contributed by atoms with E-state index in [4.69, 9.17) is 5.11 Å². The van der Waals surface area contributed by atoms with Crippen LogP contribution in [0.1, 0.15) is 18.4 Å². The fraction of sp³-hybridized carbons (Fsp3) is 0.364. The first-order chi connectivity index (χ1) is 7.44. The predicted octanol–water partition coefficient (Wildman–Crippen LogP) is 2.51. The molecule has 1 fully saturated rings. The topological polar surface area (TPSA) is 37.3 Å². The molecule has 0 heterocycles. The van der Waals surface area contributed by atoms with E-state index in [2.05, 4.69) is 0 Å². The minimum Gasteiger partial charge on any atom is -0.481 e. The number of aliphatic carboxylic acids is 1. The summed E-state index contributed by atoms with van der Waals surface area (Å²) >= 11 is 0. The monoisotopic (exact) mass is 230 g/mol. The van der Waals surface area contributed by atoms with Gasteiger partial charge in [-0.2, -0.15) is 0 Å². The number of rotatable bonds is 3. The molecular formula is C11H9F3O2. The van der Waals surface area contributed by atoms with Gasteiger partial charge < -0.3 is 5.11 Å². The van der Waals surface area contributed by atoms with Crippen molar-refractivity contribution >= 4 is 5.97 Å². The molecule has 0 aromatic heterocycles. The van der Waals surface area contributed by atoms with Gasteiger partial charge in [-0.25, -0.2) is 13.2 Å². The minimum atomic E-state index is -1.26. The maximum atomic E-state index is 13.3. The number of carboxylic acid groups (broad SMARTS) is 1. The summed E-state index contributed by atoms with van der Waals surface area (Å²) in [6.07, 6.45) is 0.799. The zero-order valence-corrected chi connectivity index (χ0v) is 8.27. The Kier molecular flexibility index (Phi) is 2.40. The SMILES string of the molecule is O=C(O)C1(Cc2cc(F)c(F)cc2F)CC1. The maximum absolute atomic E-state index is 13.3. The smallest absolute Gasteiger partial charge is 0.309 e. The number of hydrogen-bond donors (Lipinski definition) is 1. The maximum Gasteiger partial charge on any atom is 0.309 e. The van der Waals surface area contributed by atoms with Gasteiger partial charge in [0.2, 0.25) is 0 Å². The first-order valence-corrected chi connectivity index (χ1v) is 4.81. The molecule has 2 nitrogen and oxygen atoms in total. The van der Waals surface area contributed by atoms with Crippen molar-refractivity contribution in [2.45, 2.75) is 19.3 Å². The Bertz CT molecular complexity index is 453. The minimum absolute atomic E-state index is 0.0844. The Hall–Kier alpha value is -1.52. The molecule has 1 aromatic rings. The van der Waals surface area contributed by atoms with E-state index in [9.17, 15) is 18.0 Å². The molecule has 1 aliphatic rings. The van der Waals surface area contributed by atoms with Gasteiger partial charge in [0.05, 0.1) is 5.41 Å². The fourth-order valence-corrected chi connectivity index (χ4v) is 1.68. The van der Waals surface area contributed by atoms with Gasteiger partial charge in [0.25, 0.3) is 0 Å². The zero-order chi connectivity index (χ0) is 11.9. The van der Waals surface area contributed by atoms with E-state index in [1.54, 1.807) is 0 Å². The van der Waals surface area contributed by atoms with Crippen LogP contribution < -0.4 is 0 Å². The van der Waals surface area contributed by atoms with Crippen molar-refractivity contribution in [3.05, 3.63) is 35.1 Å². The van der Waals surface area contributed by atoms with E-state index in [0.717, 1.165) is 6.07 Å². The number of hydrogen-bond acceptors (Lipinski definition) is 1. The summed E-state index contributed by atoms with van der Waals surface area (Å²) in [5.41, 5.74) is -1.07. The molecule has 16 heavy (non-hydrogen) atoms. The van der Waals surface area contributed by atoms with Crippen LogP contribution >= 0.6 is 0 Å². The Labute approximate surface area is 89.7 Å². The second-order valence-electron chi connectivity index (χ2n) is 4.12. The van der Waals surface area contributed by atoms with Gasteiger partial charge in [-0.15, -0.1) is 0 Å². The molecule has 0 unspecified atom stereocenters. The molecule has 2 rings (SSSR count). The summed E-state index contributed by atoms with van der Waals surface area (Å²) in [4.78, 5) is 10.9. The zero-order valence-electron chi connectivity index (χ0n) is 8.27. The molecule has 0 bridgehead atoms. The average Bonchev–Trinajstić information content (AvgIpc) is 2.95. The Morgan fingerprint density at radius 1 is 1.19 bits per heavy atom. The van der Waals surface area contributed by atoms with Crippen molar-refractivity contribution in [1.29, 1.82) is 0 Å². The van der Waals surface area contributed by atoms with Gasteiger partial charge in [0.15, 0.2) is 11.6 Å². The van der Waals surface area contributed by atoms with E-state index in [-0.39, 0.29) is 12.0 Å². The van der Waals surface area contributed by atoms with Crippen LogP contribution in [0, 0.1) is 22.9 Å². The van der Waals surface area contributed by atoms with Crippen LogP contribution in [0.5, 0.6) is 0 Å². The van der Waals surface area contributed by atoms with Crippen molar-refractivity contribution in [1.82, 2.24) is 0 Å². The van der Waals surface area contributed by atoms with E-state index in [1.165, 1.54) is 0 Å². The van der Waals surface area contributed by atoms with Crippen LogP contribution in [0.25, 0.3) is 0 Å². The lowest BCUT2D eigenvalue weighted by Gasteiger charge is -2.10. The van der Waals surface area contributed by atoms with Crippen LogP contribution in [0.15, 0.2) is 12.1 Å². The second kappa shape index (κ2) is 3.50. The quantitative estimate of drug-likeness (QED) is 0.810. The van der Waals surface area contributed by atoms with Gasteiger partial charge in [-0.1, -0.05) is 0 Å². The molecule has 0 aliphatic heterocycles. The summed E-state index contributed by atoms with van der Waals surface area (Å²) < 4.78 is 38.8. The number of benzene rings is 1. The van der Waals surface area contributed by atoms with E-state index in [0.29, 0.717) is 18.9 Å². The molecule has 1 saturated carbocycles. The Morgan fingerprint density at radius 2 is 1.75 bits per heavy atom. The van der Waals surface area contributed by atoms with Crippen LogP contribution in [-0.4, -0.2) is 11.1 Å². The first-order valence-electron chi connectivity index (χ1n) is 4.81. The molecule has 1 N–H and O–H groups in total. The normalized spacial score (nSPS) is 17.2. The van der Waals surface area contributed by atoms with Gasteiger partial charge in [0, 0.05) is 6.07 Å². The number of carboxylic acids is 1. The lowest BCUT2D eigenvalue weighted by atomic mass is 9.96. The molecule has 0 radical (unpaired) electrons. The van der Waals surface area contributed by atoms with Crippen molar-refractivity contribution in [2.75, 3.05) is 0 Å². The van der Waals surface area contributed by atoms with Gasteiger partial charge in [0.1, 0.15) is 5.82 Å². The molecule has 0 amide bonds. The van der Waals surface area contributed by atoms with Crippen molar-refractivity contribution in [3.63, 3.8) is 0 Å². The largest absolute Gasteiger partial charge is 0.481 e. The summed E-state index contributed by atoms with van der Waals surface area (Å²) in [6, 6.07) is 1.18. The lowest BCUT2D eigenvalue weighted by molar-refractivity contribution is -0.143. The highest BCUT2D eigenvalue weighted by atomic mass is 19.2. The van der Waals surface area contributed by atoms with Crippen LogP contribution in [0.4, 0.5) is 13.2 Å². The predicted molar refractivity (Wildman–Crippen MR) is 49.3 cm³/mol. The fourth-order valence-electron chi connectivity index (χ4n) is 1.68. The first kappa shape index (κ1) is 11.0. The van der Waals surface area contributed by atoms with E-state index in [1.807, 2.05) is 0 Å². The molecule has 5 heteroatoms. The molecular weight excluding hydrogens is 221 g/mol. The number of carbonyl (C=O) groups is 1. The molecule has 0 atom stereocenters. The molecule has 1 aromatic carbocycles. The molecule has 1 aliphatic carbocycles. The van der Waals surface area contributed by atoms with Gasteiger partial charge >= 0.3 is 5.97 Å². The highest BCUT2D eigenvalue weighted by Crippen LogP contribution is 2.48. The third-order valence-corrected chi connectivity index (χ3v) is 2.93. The highest BCUT2D eigenvalue weighted by Gasteiger charge is 2.50. The average molecular weight is 230 g/mol. The van der Waals surface area contributed by atoms with Crippen LogP contribution in [0.2, 0.25) is 0 Å². The third kappa shape index (κ3) is 1.77. The van der Waals surface area contributed by atoms with Crippen LogP contribution in [-0.2, 0) is 11.2 Å². The standard InChI is InChI=1S/C11H9F3O2/c12-7-4-9(14)8(13)3-6(7)5-11(1-2-11)10(15)16/h3-4H,1-2,5H2,(H,15,16).